The van der Waals surface area contributed by atoms with Crippen LogP contribution in [0.3, 0.4) is 0 Å². The molecule has 70 valence electrons. The zero-order chi connectivity index (χ0) is 8.55. The molecule has 0 aromatic heterocycles. The van der Waals surface area contributed by atoms with Gasteiger partial charge in [-0.25, -0.2) is 0 Å². The third kappa shape index (κ3) is 1.60. The van der Waals surface area contributed by atoms with E-state index in [1.165, 1.54) is 0 Å². The lowest BCUT2D eigenvalue weighted by molar-refractivity contribution is 0.0946. The van der Waals surface area contributed by atoms with Gasteiger partial charge in [0, 0.05) is 17.8 Å². The summed E-state index contributed by atoms with van der Waals surface area (Å²) >= 11 is 0. The van der Waals surface area contributed by atoms with Gasteiger partial charge in [0.25, 0.3) is 5.91 Å². The summed E-state index contributed by atoms with van der Waals surface area (Å²) in [5.74, 6) is -0.0106. The molecule has 0 atom stereocenters. The Morgan fingerprint density at radius 2 is 2.15 bits per heavy atom. The average Bonchev–Trinajstić information content (AvgIpc) is 2.07. The molecular weight excluding hydrogens is 188 g/mol. The molecule has 1 heterocycles. The highest BCUT2D eigenvalue weighted by Crippen LogP contribution is 2.19. The standard InChI is InChI=1S/C9H10N2O.ClH/c10-8-3-1-2-7-6(8)4-5-11-9(7)12;/h1-3H,4-5,10H2,(H,11,12);1H. The molecule has 0 radical (unpaired) electrons. The Hall–Kier alpha value is -1.22. The number of halogens is 1. The Morgan fingerprint density at radius 1 is 1.38 bits per heavy atom. The van der Waals surface area contributed by atoms with Crippen molar-refractivity contribution in [3.05, 3.63) is 29.3 Å². The van der Waals surface area contributed by atoms with Gasteiger partial charge in [-0.2, -0.15) is 0 Å². The number of amides is 1. The lowest BCUT2D eigenvalue weighted by Gasteiger charge is -2.17. The summed E-state index contributed by atoms with van der Waals surface area (Å²) in [7, 11) is 0. The predicted octanol–water partition coefficient (Wildman–Crippen LogP) is 0.977. The van der Waals surface area contributed by atoms with Gasteiger partial charge in [0.2, 0.25) is 0 Å². The molecule has 1 aromatic carbocycles. The lowest BCUT2D eigenvalue weighted by atomic mass is 9.99. The van der Waals surface area contributed by atoms with Crippen LogP contribution in [0, 0.1) is 0 Å². The van der Waals surface area contributed by atoms with Crippen LogP contribution in [0.25, 0.3) is 0 Å². The van der Waals surface area contributed by atoms with Crippen LogP contribution in [-0.2, 0) is 6.42 Å². The van der Waals surface area contributed by atoms with E-state index < -0.39 is 0 Å². The molecule has 13 heavy (non-hydrogen) atoms. The maximum Gasteiger partial charge on any atom is 0.251 e. The van der Waals surface area contributed by atoms with Gasteiger partial charge in [-0.1, -0.05) is 6.07 Å². The van der Waals surface area contributed by atoms with Crippen LogP contribution in [0.4, 0.5) is 5.69 Å². The van der Waals surface area contributed by atoms with Gasteiger partial charge >= 0.3 is 0 Å². The number of nitrogen functional groups attached to an aromatic ring is 1. The van der Waals surface area contributed by atoms with E-state index in [1.807, 2.05) is 6.07 Å². The van der Waals surface area contributed by atoms with Crippen molar-refractivity contribution < 1.29 is 4.79 Å². The van der Waals surface area contributed by atoms with Crippen LogP contribution >= 0.6 is 12.4 Å². The highest BCUT2D eigenvalue weighted by molar-refractivity contribution is 5.98. The van der Waals surface area contributed by atoms with E-state index in [0.29, 0.717) is 6.54 Å². The van der Waals surface area contributed by atoms with Crippen molar-refractivity contribution in [1.29, 1.82) is 0 Å². The number of nitrogens with two attached hydrogens (primary N) is 1. The van der Waals surface area contributed by atoms with E-state index in [2.05, 4.69) is 5.32 Å². The van der Waals surface area contributed by atoms with Crippen molar-refractivity contribution >= 4 is 24.0 Å². The number of carbonyl (C=O) groups excluding carboxylic acids is 1. The summed E-state index contributed by atoms with van der Waals surface area (Å²) in [6, 6.07) is 5.44. The number of carbonyl (C=O) groups is 1. The van der Waals surface area contributed by atoms with Crippen molar-refractivity contribution in [2.45, 2.75) is 6.42 Å². The third-order valence-corrected chi connectivity index (χ3v) is 2.12. The number of rotatable bonds is 0. The van der Waals surface area contributed by atoms with Crippen molar-refractivity contribution in [2.24, 2.45) is 0 Å². The van der Waals surface area contributed by atoms with Crippen LogP contribution in [0.5, 0.6) is 0 Å². The first-order chi connectivity index (χ1) is 5.79. The fourth-order valence-electron chi connectivity index (χ4n) is 1.49. The smallest absolute Gasteiger partial charge is 0.251 e. The number of nitrogens with one attached hydrogen (secondary N) is 1. The van der Waals surface area contributed by atoms with Crippen molar-refractivity contribution in [3.8, 4) is 0 Å². The molecule has 0 aliphatic carbocycles. The minimum absolute atomic E-state index is 0. The van der Waals surface area contributed by atoms with Crippen molar-refractivity contribution in [1.82, 2.24) is 5.32 Å². The second kappa shape index (κ2) is 3.66. The fourth-order valence-corrected chi connectivity index (χ4v) is 1.49. The van der Waals surface area contributed by atoms with Gasteiger partial charge in [0.15, 0.2) is 0 Å². The second-order valence-electron chi connectivity index (χ2n) is 2.88. The topological polar surface area (TPSA) is 55.1 Å². The molecule has 0 saturated carbocycles. The summed E-state index contributed by atoms with van der Waals surface area (Å²) < 4.78 is 0. The molecule has 0 unspecified atom stereocenters. The predicted molar refractivity (Wildman–Crippen MR) is 54.1 cm³/mol. The Kier molecular flexibility index (Phi) is 2.78. The second-order valence-corrected chi connectivity index (χ2v) is 2.88. The van der Waals surface area contributed by atoms with Gasteiger partial charge in [-0.05, 0) is 24.1 Å². The third-order valence-electron chi connectivity index (χ3n) is 2.12. The zero-order valence-electron chi connectivity index (χ0n) is 7.04. The van der Waals surface area contributed by atoms with Gasteiger partial charge in [0.05, 0.1) is 0 Å². The minimum atomic E-state index is -0.0106. The summed E-state index contributed by atoms with van der Waals surface area (Å²) in [5, 5.41) is 2.77. The van der Waals surface area contributed by atoms with E-state index in [1.54, 1.807) is 12.1 Å². The molecule has 0 spiro atoms. The van der Waals surface area contributed by atoms with Gasteiger partial charge < -0.3 is 11.1 Å². The molecule has 1 aromatic rings. The summed E-state index contributed by atoms with van der Waals surface area (Å²) in [4.78, 5) is 11.3. The highest BCUT2D eigenvalue weighted by Gasteiger charge is 2.17. The SMILES string of the molecule is Cl.Nc1cccc2c1CCNC2=O. The molecule has 2 rings (SSSR count). The Balaban J connectivity index is 0.000000845. The maximum atomic E-state index is 11.3. The first-order valence-electron chi connectivity index (χ1n) is 3.94. The van der Waals surface area contributed by atoms with E-state index in [0.717, 1.165) is 23.2 Å². The molecule has 4 heteroatoms. The number of benzene rings is 1. The van der Waals surface area contributed by atoms with Crippen LogP contribution in [-0.4, -0.2) is 12.5 Å². The summed E-state index contributed by atoms with van der Waals surface area (Å²) in [5.41, 5.74) is 8.16. The Bertz CT molecular complexity index is 338. The van der Waals surface area contributed by atoms with Gasteiger partial charge in [-0.15, -0.1) is 12.4 Å². The Morgan fingerprint density at radius 3 is 2.85 bits per heavy atom. The summed E-state index contributed by atoms with van der Waals surface area (Å²) in [6.07, 6.45) is 0.841. The zero-order valence-corrected chi connectivity index (χ0v) is 7.86. The van der Waals surface area contributed by atoms with Crippen LogP contribution in [0.15, 0.2) is 18.2 Å². The molecule has 0 bridgehead atoms. The first-order valence-corrected chi connectivity index (χ1v) is 3.94. The quantitative estimate of drug-likeness (QED) is 0.611. The lowest BCUT2D eigenvalue weighted by Crippen LogP contribution is -2.32. The number of hydrogen-bond acceptors (Lipinski definition) is 2. The average molecular weight is 199 g/mol. The molecular formula is C9H11ClN2O. The number of fused-ring (bicyclic) bond motifs is 1. The van der Waals surface area contributed by atoms with Gasteiger partial charge in [-0.3, -0.25) is 4.79 Å². The maximum absolute atomic E-state index is 11.3. The fraction of sp³-hybridized carbons (Fsp3) is 0.222. The monoisotopic (exact) mass is 198 g/mol. The van der Waals surface area contributed by atoms with E-state index in [-0.39, 0.29) is 18.3 Å². The Labute approximate surface area is 82.7 Å². The van der Waals surface area contributed by atoms with Crippen molar-refractivity contribution in [3.63, 3.8) is 0 Å². The van der Waals surface area contributed by atoms with Crippen LogP contribution in [0.2, 0.25) is 0 Å². The molecule has 0 fully saturated rings. The molecule has 3 nitrogen and oxygen atoms in total. The van der Waals surface area contributed by atoms with E-state index >= 15 is 0 Å². The minimum Gasteiger partial charge on any atom is -0.398 e. The molecule has 1 aliphatic rings. The molecule has 3 N–H and O–H groups in total. The van der Waals surface area contributed by atoms with Gasteiger partial charge in [0.1, 0.15) is 0 Å². The van der Waals surface area contributed by atoms with E-state index in [9.17, 15) is 4.79 Å². The number of hydrogen-bond donors (Lipinski definition) is 2. The molecule has 0 saturated heterocycles. The van der Waals surface area contributed by atoms with Crippen LogP contribution < -0.4 is 11.1 Å². The summed E-state index contributed by atoms with van der Waals surface area (Å²) in [6.45, 7) is 0.694. The largest absolute Gasteiger partial charge is 0.398 e. The van der Waals surface area contributed by atoms with E-state index in [4.69, 9.17) is 5.73 Å². The molecule has 1 aliphatic heterocycles. The highest BCUT2D eigenvalue weighted by atomic mass is 35.5. The number of anilines is 1. The first kappa shape index (κ1) is 9.86. The molecule has 1 amide bonds. The normalized spacial score (nSPS) is 14.0. The van der Waals surface area contributed by atoms with Crippen molar-refractivity contribution in [2.75, 3.05) is 12.3 Å². The van der Waals surface area contributed by atoms with Crippen LogP contribution in [0.1, 0.15) is 15.9 Å².